The molecule has 0 N–H and O–H groups in total. The topological polar surface area (TPSA) is 72.0 Å². The van der Waals surface area contributed by atoms with E-state index in [1.165, 1.54) is 45.6 Å². The summed E-state index contributed by atoms with van der Waals surface area (Å²) in [4.78, 5) is 32.8. The summed E-state index contributed by atoms with van der Waals surface area (Å²) in [5, 5.41) is 1.71. The van der Waals surface area contributed by atoms with Gasteiger partial charge in [0.1, 0.15) is 29.8 Å². The van der Waals surface area contributed by atoms with Gasteiger partial charge in [-0.15, -0.1) is 17.8 Å². The van der Waals surface area contributed by atoms with Gasteiger partial charge in [0.2, 0.25) is 5.91 Å². The molecule has 1 fully saturated rings. The highest BCUT2D eigenvalue weighted by atomic mass is 32.1. The molecule has 0 aliphatic carbocycles. The average Bonchev–Trinajstić information content (AvgIpc) is 3.31. The summed E-state index contributed by atoms with van der Waals surface area (Å²) < 4.78 is 50.1. The number of likely N-dealkylation sites (tertiary alicyclic amines) is 1. The Labute approximate surface area is 193 Å². The van der Waals surface area contributed by atoms with E-state index in [9.17, 15) is 22.8 Å². The van der Waals surface area contributed by atoms with E-state index in [4.69, 9.17) is 15.9 Å². The molecule has 3 rings (SSSR count). The first-order valence-electron chi connectivity index (χ1n) is 9.77. The number of carbonyl (C=O) groups is 2. The molecular formula is C22H22F3N3O4S. The van der Waals surface area contributed by atoms with Crippen LogP contribution in [0, 0.1) is 12.3 Å². The third-order valence-electron chi connectivity index (χ3n) is 5.30. The van der Waals surface area contributed by atoms with Crippen molar-refractivity contribution in [3.63, 3.8) is 0 Å². The first kappa shape index (κ1) is 24.4. The number of aromatic nitrogens is 1. The number of hydrogen-bond donors (Lipinski definition) is 0. The fourth-order valence-corrected chi connectivity index (χ4v) is 4.35. The van der Waals surface area contributed by atoms with Crippen LogP contribution in [-0.4, -0.2) is 60.2 Å². The molecule has 1 unspecified atom stereocenters. The number of thiazole rings is 1. The number of carbonyl (C=O) groups excluding carboxylic acids is 2. The van der Waals surface area contributed by atoms with Crippen molar-refractivity contribution in [3.8, 4) is 23.8 Å². The monoisotopic (exact) mass is 481 g/mol. The van der Waals surface area contributed by atoms with Gasteiger partial charge in [-0.3, -0.25) is 14.5 Å². The number of alkyl halides is 3. The number of halogens is 3. The SMILES string of the molecule is C#Cc1nc(C(=O)N(c2cc(OC)cc(OC)c2)C2CC(C)(C)N(CC(F)(F)F)C2=O)cs1. The fraction of sp³-hybridized carbons (Fsp3) is 0.409. The molecule has 1 aliphatic rings. The van der Waals surface area contributed by atoms with Crippen LogP contribution in [0.4, 0.5) is 18.9 Å². The molecule has 1 aromatic carbocycles. The maximum Gasteiger partial charge on any atom is 0.406 e. The van der Waals surface area contributed by atoms with Crippen LogP contribution in [0.3, 0.4) is 0 Å². The van der Waals surface area contributed by atoms with Crippen LogP contribution in [0.1, 0.15) is 35.8 Å². The number of terminal acetylenes is 1. The van der Waals surface area contributed by atoms with Gasteiger partial charge in [0, 0.05) is 29.1 Å². The number of ether oxygens (including phenoxy) is 2. The maximum atomic E-state index is 13.5. The number of rotatable bonds is 6. The molecule has 11 heteroatoms. The first-order chi connectivity index (χ1) is 15.4. The fourth-order valence-electron chi connectivity index (χ4n) is 3.75. The van der Waals surface area contributed by atoms with E-state index in [2.05, 4.69) is 10.9 Å². The molecule has 1 atom stereocenters. The molecule has 1 aromatic heterocycles. The van der Waals surface area contributed by atoms with Crippen LogP contribution in [0.5, 0.6) is 11.5 Å². The highest BCUT2D eigenvalue weighted by Crippen LogP contribution is 2.39. The Bertz CT molecular complexity index is 1080. The van der Waals surface area contributed by atoms with Gasteiger partial charge in [0.25, 0.3) is 5.91 Å². The Hall–Kier alpha value is -3.26. The molecule has 0 saturated carbocycles. The molecule has 176 valence electrons. The van der Waals surface area contributed by atoms with Gasteiger partial charge >= 0.3 is 6.18 Å². The average molecular weight is 481 g/mol. The van der Waals surface area contributed by atoms with Gasteiger partial charge < -0.3 is 14.4 Å². The Kier molecular flexibility index (Phi) is 6.61. The van der Waals surface area contributed by atoms with Gasteiger partial charge in [-0.2, -0.15) is 13.2 Å². The molecule has 2 aromatic rings. The first-order valence-corrected chi connectivity index (χ1v) is 10.6. The lowest BCUT2D eigenvalue weighted by Gasteiger charge is -2.31. The summed E-state index contributed by atoms with van der Waals surface area (Å²) in [5.41, 5.74) is -0.950. The second kappa shape index (κ2) is 8.94. The summed E-state index contributed by atoms with van der Waals surface area (Å²) >= 11 is 1.07. The van der Waals surface area contributed by atoms with Crippen molar-refractivity contribution in [1.29, 1.82) is 0 Å². The van der Waals surface area contributed by atoms with E-state index in [1.807, 2.05) is 0 Å². The van der Waals surface area contributed by atoms with Crippen molar-refractivity contribution >= 4 is 28.8 Å². The Morgan fingerprint density at radius 1 is 1.30 bits per heavy atom. The lowest BCUT2D eigenvalue weighted by Crippen LogP contribution is -2.49. The molecule has 1 aliphatic heterocycles. The van der Waals surface area contributed by atoms with Crippen LogP contribution in [0.15, 0.2) is 23.6 Å². The zero-order valence-electron chi connectivity index (χ0n) is 18.4. The third-order valence-corrected chi connectivity index (χ3v) is 6.08. The second-order valence-electron chi connectivity index (χ2n) is 8.00. The zero-order valence-corrected chi connectivity index (χ0v) is 19.2. The van der Waals surface area contributed by atoms with Crippen molar-refractivity contribution in [2.75, 3.05) is 25.7 Å². The van der Waals surface area contributed by atoms with Gasteiger partial charge in [-0.05, 0) is 26.2 Å². The molecular weight excluding hydrogens is 459 g/mol. The molecule has 7 nitrogen and oxygen atoms in total. The van der Waals surface area contributed by atoms with Crippen LogP contribution < -0.4 is 14.4 Å². The number of amides is 2. The number of benzene rings is 1. The number of methoxy groups -OCH3 is 2. The number of hydrogen-bond acceptors (Lipinski definition) is 6. The summed E-state index contributed by atoms with van der Waals surface area (Å²) in [6.45, 7) is 1.65. The molecule has 1 saturated heterocycles. The van der Waals surface area contributed by atoms with Crippen molar-refractivity contribution in [3.05, 3.63) is 34.3 Å². The Morgan fingerprint density at radius 3 is 2.39 bits per heavy atom. The standard InChI is InChI=1S/C22H22F3N3O4S/c1-6-18-26-16(11-33-18)19(29)28(13-7-14(31-4)9-15(8-13)32-5)17-10-21(2,3)27(20(17)30)12-22(23,24)25/h1,7-9,11,17H,10,12H2,2-5H3. The van der Waals surface area contributed by atoms with Crippen LogP contribution in [0.2, 0.25) is 0 Å². The van der Waals surface area contributed by atoms with E-state index in [0.29, 0.717) is 11.5 Å². The van der Waals surface area contributed by atoms with Crippen molar-refractivity contribution in [1.82, 2.24) is 9.88 Å². The van der Waals surface area contributed by atoms with Gasteiger partial charge in [0.05, 0.1) is 19.9 Å². The molecule has 0 spiro atoms. The molecule has 33 heavy (non-hydrogen) atoms. The van der Waals surface area contributed by atoms with Crippen LogP contribution >= 0.6 is 11.3 Å². The smallest absolute Gasteiger partial charge is 0.406 e. The highest BCUT2D eigenvalue weighted by Gasteiger charge is 2.52. The minimum atomic E-state index is -4.59. The minimum absolute atomic E-state index is 0.0189. The normalized spacial score (nSPS) is 17.6. The maximum absolute atomic E-state index is 13.5. The summed E-state index contributed by atoms with van der Waals surface area (Å²) in [6, 6.07) is 3.37. The van der Waals surface area contributed by atoms with Crippen LogP contribution in [0.25, 0.3) is 0 Å². The van der Waals surface area contributed by atoms with E-state index in [-0.39, 0.29) is 22.8 Å². The lowest BCUT2D eigenvalue weighted by atomic mass is 9.98. The quantitative estimate of drug-likeness (QED) is 0.588. The number of anilines is 1. The van der Waals surface area contributed by atoms with Crippen LogP contribution in [-0.2, 0) is 4.79 Å². The number of nitrogens with zero attached hydrogens (tertiary/aromatic N) is 3. The van der Waals surface area contributed by atoms with Crippen molar-refractivity contribution < 1.29 is 32.2 Å². The second-order valence-corrected chi connectivity index (χ2v) is 8.86. The zero-order chi connectivity index (χ0) is 24.6. The molecule has 2 amide bonds. The summed E-state index contributed by atoms with van der Waals surface area (Å²) in [5.74, 6) is 1.51. The van der Waals surface area contributed by atoms with E-state index in [1.54, 1.807) is 6.07 Å². The van der Waals surface area contributed by atoms with Crippen molar-refractivity contribution in [2.45, 2.75) is 38.0 Å². The summed E-state index contributed by atoms with van der Waals surface area (Å²) in [7, 11) is 2.83. The lowest BCUT2D eigenvalue weighted by molar-refractivity contribution is -0.165. The third kappa shape index (κ3) is 5.06. The molecule has 2 heterocycles. The Balaban J connectivity index is 2.13. The molecule has 0 radical (unpaired) electrons. The van der Waals surface area contributed by atoms with E-state index < -0.39 is 36.1 Å². The van der Waals surface area contributed by atoms with Gasteiger partial charge in [-0.25, -0.2) is 4.98 Å². The summed E-state index contributed by atoms with van der Waals surface area (Å²) in [6.07, 6.45) is 0.736. The van der Waals surface area contributed by atoms with Crippen molar-refractivity contribution in [2.24, 2.45) is 0 Å². The molecule has 0 bridgehead atoms. The largest absolute Gasteiger partial charge is 0.497 e. The predicted molar refractivity (Wildman–Crippen MR) is 117 cm³/mol. The van der Waals surface area contributed by atoms with Gasteiger partial charge in [-0.1, -0.05) is 0 Å². The minimum Gasteiger partial charge on any atom is -0.497 e. The predicted octanol–water partition coefficient (Wildman–Crippen LogP) is 3.73. The highest BCUT2D eigenvalue weighted by molar-refractivity contribution is 7.10. The van der Waals surface area contributed by atoms with Gasteiger partial charge in [0.15, 0.2) is 5.01 Å². The van der Waals surface area contributed by atoms with E-state index in [0.717, 1.165) is 21.1 Å². The Morgan fingerprint density at radius 2 is 1.91 bits per heavy atom. The van der Waals surface area contributed by atoms with E-state index >= 15 is 0 Å².